The van der Waals surface area contributed by atoms with Gasteiger partial charge in [0.25, 0.3) is 5.69 Å². The predicted molar refractivity (Wildman–Crippen MR) is 64.0 cm³/mol. The highest BCUT2D eigenvalue weighted by Gasteiger charge is 2.33. The van der Waals surface area contributed by atoms with Gasteiger partial charge in [-0.25, -0.2) is 0 Å². The number of thioether (sulfide) groups is 1. The molecule has 0 N–H and O–H groups in total. The maximum absolute atomic E-state index is 12.3. The molecule has 1 aromatic carbocycles. The second kappa shape index (κ2) is 6.29. The second-order valence-corrected chi connectivity index (χ2v) is 4.85. The number of benzene rings is 1. The van der Waals surface area contributed by atoms with Crippen molar-refractivity contribution >= 4 is 29.1 Å². The summed E-state index contributed by atoms with van der Waals surface area (Å²) in [5.41, 5.74) is -4.75. The largest absolute Gasteiger partial charge is 0.446 e. The topological polar surface area (TPSA) is 43.1 Å². The van der Waals surface area contributed by atoms with Gasteiger partial charge in [0, 0.05) is 11.4 Å². The number of hydrogen-bond donors (Lipinski definition) is 0. The molecule has 0 unspecified atom stereocenters. The second-order valence-electron chi connectivity index (χ2n) is 3.36. The van der Waals surface area contributed by atoms with E-state index in [9.17, 15) is 23.3 Å². The van der Waals surface area contributed by atoms with Crippen molar-refractivity contribution in [3.8, 4) is 0 Å². The molecule has 8 heteroatoms. The summed E-state index contributed by atoms with van der Waals surface area (Å²) in [6.45, 7) is 0. The highest BCUT2D eigenvalue weighted by Crippen LogP contribution is 2.42. The van der Waals surface area contributed by atoms with Crippen molar-refractivity contribution in [1.29, 1.82) is 0 Å². The molecule has 0 spiro atoms. The molecule has 0 saturated heterocycles. The summed E-state index contributed by atoms with van der Waals surface area (Å²) in [5, 5.41) is 10.9. The molecule has 0 heterocycles. The number of nitrogens with zero attached hydrogens (tertiary/aromatic N) is 1. The minimum atomic E-state index is -4.55. The Kier molecular flexibility index (Phi) is 5.28. The van der Waals surface area contributed by atoms with Crippen LogP contribution >= 0.6 is 23.4 Å². The van der Waals surface area contributed by atoms with Gasteiger partial charge in [-0.3, -0.25) is 10.1 Å². The van der Waals surface area contributed by atoms with Crippen LogP contribution in [0, 0.1) is 10.1 Å². The molecule has 0 amide bonds. The van der Waals surface area contributed by atoms with E-state index in [1.54, 1.807) is 0 Å². The molecule has 0 fully saturated rings. The molecular formula is C10H9ClF3NO2S. The lowest BCUT2D eigenvalue weighted by Crippen LogP contribution is -2.03. The van der Waals surface area contributed by atoms with Gasteiger partial charge in [0.05, 0.1) is 9.82 Å². The van der Waals surface area contributed by atoms with Crippen molar-refractivity contribution in [2.24, 2.45) is 0 Å². The van der Waals surface area contributed by atoms with Crippen LogP contribution < -0.4 is 0 Å². The Hall–Kier alpha value is -0.950. The Morgan fingerprint density at radius 3 is 2.56 bits per heavy atom. The number of aryl methyl sites for hydroxylation is 1. The van der Waals surface area contributed by atoms with Crippen LogP contribution in [-0.2, 0) is 6.42 Å². The van der Waals surface area contributed by atoms with E-state index in [4.69, 9.17) is 11.6 Å². The van der Waals surface area contributed by atoms with Gasteiger partial charge in [0.1, 0.15) is 0 Å². The van der Waals surface area contributed by atoms with Crippen LogP contribution in [0.2, 0.25) is 0 Å². The Labute approximate surface area is 110 Å². The van der Waals surface area contributed by atoms with E-state index >= 15 is 0 Å². The number of rotatable bonds is 5. The molecule has 3 nitrogen and oxygen atoms in total. The summed E-state index contributed by atoms with van der Waals surface area (Å²) in [6.07, 6.45) is 0.759. The fourth-order valence-electron chi connectivity index (χ4n) is 1.44. The number of hydrogen-bond acceptors (Lipinski definition) is 3. The molecule has 0 atom stereocenters. The van der Waals surface area contributed by atoms with Crippen molar-refractivity contribution in [2.45, 2.75) is 23.2 Å². The van der Waals surface area contributed by atoms with Crippen molar-refractivity contribution < 1.29 is 18.1 Å². The van der Waals surface area contributed by atoms with Crippen LogP contribution in [-0.4, -0.2) is 16.3 Å². The van der Waals surface area contributed by atoms with E-state index in [0.29, 0.717) is 12.3 Å². The first-order chi connectivity index (χ1) is 8.35. The van der Waals surface area contributed by atoms with E-state index in [2.05, 4.69) is 0 Å². The quantitative estimate of drug-likeness (QED) is 0.351. The minimum absolute atomic E-state index is 0.273. The van der Waals surface area contributed by atoms with Crippen LogP contribution in [0.1, 0.15) is 12.0 Å². The van der Waals surface area contributed by atoms with Crippen molar-refractivity contribution in [3.05, 3.63) is 33.9 Å². The summed E-state index contributed by atoms with van der Waals surface area (Å²) in [6, 6.07) is 3.93. The molecule has 0 aliphatic rings. The van der Waals surface area contributed by atoms with Crippen LogP contribution in [0.3, 0.4) is 0 Å². The summed E-state index contributed by atoms with van der Waals surface area (Å²) in [5.74, 6) is 0.299. The van der Waals surface area contributed by atoms with Gasteiger partial charge in [0.15, 0.2) is 0 Å². The zero-order valence-electron chi connectivity index (χ0n) is 9.04. The zero-order valence-corrected chi connectivity index (χ0v) is 10.6. The van der Waals surface area contributed by atoms with Gasteiger partial charge in [-0.15, -0.1) is 11.6 Å². The van der Waals surface area contributed by atoms with E-state index in [1.807, 2.05) is 0 Å². The molecule has 0 aliphatic carbocycles. The first-order valence-electron chi connectivity index (χ1n) is 4.93. The van der Waals surface area contributed by atoms with E-state index in [0.717, 1.165) is 6.07 Å². The average molecular weight is 300 g/mol. The van der Waals surface area contributed by atoms with Gasteiger partial charge in [-0.2, -0.15) is 13.2 Å². The number of alkyl halides is 4. The normalized spacial score (nSPS) is 11.6. The van der Waals surface area contributed by atoms with E-state index in [1.165, 1.54) is 12.1 Å². The third kappa shape index (κ3) is 4.38. The Morgan fingerprint density at radius 1 is 1.39 bits per heavy atom. The van der Waals surface area contributed by atoms with Gasteiger partial charge < -0.3 is 0 Å². The fraction of sp³-hybridized carbons (Fsp3) is 0.400. The van der Waals surface area contributed by atoms with Crippen LogP contribution in [0.5, 0.6) is 0 Å². The fourth-order valence-corrected chi connectivity index (χ4v) is 2.27. The third-order valence-corrected chi connectivity index (χ3v) is 3.12. The first-order valence-corrected chi connectivity index (χ1v) is 6.28. The number of halogens is 4. The average Bonchev–Trinajstić information content (AvgIpc) is 2.23. The van der Waals surface area contributed by atoms with Gasteiger partial charge in [-0.1, -0.05) is 12.1 Å². The SMILES string of the molecule is O=[N+]([O-])c1c(CCCCl)cccc1SC(F)(F)F. The van der Waals surface area contributed by atoms with E-state index in [-0.39, 0.29) is 16.9 Å². The Balaban J connectivity index is 3.13. The molecule has 18 heavy (non-hydrogen) atoms. The summed E-state index contributed by atoms with van der Waals surface area (Å²) >= 11 is 5.00. The lowest BCUT2D eigenvalue weighted by Gasteiger charge is -2.09. The molecule has 100 valence electrons. The molecular weight excluding hydrogens is 291 g/mol. The summed E-state index contributed by atoms with van der Waals surface area (Å²) < 4.78 is 36.9. The van der Waals surface area contributed by atoms with Crippen LogP contribution in [0.25, 0.3) is 0 Å². The zero-order chi connectivity index (χ0) is 13.8. The van der Waals surface area contributed by atoms with Crippen molar-refractivity contribution in [1.82, 2.24) is 0 Å². The molecule has 0 bridgehead atoms. The smallest absolute Gasteiger partial charge is 0.258 e. The minimum Gasteiger partial charge on any atom is -0.258 e. The predicted octanol–water partition coefficient (Wildman–Crippen LogP) is 4.38. The summed E-state index contributed by atoms with van der Waals surface area (Å²) in [7, 11) is 0. The monoisotopic (exact) mass is 299 g/mol. The standard InChI is InChI=1S/C10H9ClF3NO2S/c11-6-2-4-7-3-1-5-8(9(7)15(16)17)18-10(12,13)14/h1,3,5H,2,4,6H2. The van der Waals surface area contributed by atoms with Gasteiger partial charge in [0.2, 0.25) is 0 Å². The summed E-state index contributed by atoms with van der Waals surface area (Å²) in [4.78, 5) is 9.71. The molecule has 1 rings (SSSR count). The number of para-hydroxylation sites is 1. The van der Waals surface area contributed by atoms with E-state index < -0.39 is 27.9 Å². The molecule has 0 saturated carbocycles. The molecule has 1 aromatic rings. The highest BCUT2D eigenvalue weighted by atomic mass is 35.5. The van der Waals surface area contributed by atoms with Gasteiger partial charge in [-0.05, 0) is 30.7 Å². The lowest BCUT2D eigenvalue weighted by atomic mass is 10.1. The van der Waals surface area contributed by atoms with Crippen molar-refractivity contribution in [2.75, 3.05) is 5.88 Å². The van der Waals surface area contributed by atoms with Crippen molar-refractivity contribution in [3.63, 3.8) is 0 Å². The molecule has 0 aliphatic heterocycles. The molecule has 0 radical (unpaired) electrons. The van der Waals surface area contributed by atoms with Gasteiger partial charge >= 0.3 is 5.51 Å². The van der Waals surface area contributed by atoms with Crippen LogP contribution in [0.4, 0.5) is 18.9 Å². The van der Waals surface area contributed by atoms with Crippen LogP contribution in [0.15, 0.2) is 23.1 Å². The number of nitro groups is 1. The maximum atomic E-state index is 12.3. The maximum Gasteiger partial charge on any atom is 0.446 e. The highest BCUT2D eigenvalue weighted by molar-refractivity contribution is 8.00. The third-order valence-electron chi connectivity index (χ3n) is 2.07. The molecule has 0 aromatic heterocycles. The lowest BCUT2D eigenvalue weighted by molar-refractivity contribution is -0.388. The first kappa shape index (κ1) is 15.1. The Bertz CT molecular complexity index is 440. The number of nitro benzene ring substituents is 1. The Morgan fingerprint density at radius 2 is 2.06 bits per heavy atom.